The van der Waals surface area contributed by atoms with Gasteiger partial charge in [-0.15, -0.1) is 0 Å². The largest absolute Gasteiger partial charge is 0.343 e. The number of nitrogens with one attached hydrogen (secondary N) is 1. The second-order valence-corrected chi connectivity index (χ2v) is 6.61. The summed E-state index contributed by atoms with van der Waals surface area (Å²) in [5, 5.41) is 3.60. The number of likely N-dealkylation sites (tertiary alicyclic amines) is 1. The number of amides is 1. The summed E-state index contributed by atoms with van der Waals surface area (Å²) in [6, 6.07) is 0.639. The minimum absolute atomic E-state index is 0.351. The molecule has 2 aliphatic rings. The van der Waals surface area contributed by atoms with Gasteiger partial charge in [-0.2, -0.15) is 0 Å². The predicted molar refractivity (Wildman–Crippen MR) is 79.0 cm³/mol. The van der Waals surface area contributed by atoms with Crippen LogP contribution in [0, 0.1) is 11.8 Å². The molecule has 1 saturated heterocycles. The standard InChI is InChI=1S/C16H30N2O/c1-13-6-7-15(12-14(13)2)17-9-8-16(19)18-10-4-3-5-11-18/h13-15,17H,3-12H2,1-2H3. The molecule has 19 heavy (non-hydrogen) atoms. The van der Waals surface area contributed by atoms with E-state index in [9.17, 15) is 4.79 Å². The number of carbonyl (C=O) groups is 1. The van der Waals surface area contributed by atoms with Crippen molar-refractivity contribution in [3.8, 4) is 0 Å². The summed E-state index contributed by atoms with van der Waals surface area (Å²) in [4.78, 5) is 14.1. The van der Waals surface area contributed by atoms with Crippen LogP contribution in [0.5, 0.6) is 0 Å². The van der Waals surface area contributed by atoms with Crippen LogP contribution in [0.25, 0.3) is 0 Å². The lowest BCUT2D eigenvalue weighted by Crippen LogP contribution is -2.40. The molecule has 3 atom stereocenters. The number of carbonyl (C=O) groups excluding carboxylic acids is 1. The number of hydrogen-bond donors (Lipinski definition) is 1. The first-order valence-electron chi connectivity index (χ1n) is 8.18. The van der Waals surface area contributed by atoms with Crippen LogP contribution in [-0.2, 0) is 4.79 Å². The molecular formula is C16H30N2O. The van der Waals surface area contributed by atoms with Gasteiger partial charge in [0.05, 0.1) is 0 Å². The summed E-state index contributed by atoms with van der Waals surface area (Å²) >= 11 is 0. The zero-order chi connectivity index (χ0) is 13.7. The van der Waals surface area contributed by atoms with Gasteiger partial charge in [-0.3, -0.25) is 4.79 Å². The Morgan fingerprint density at radius 3 is 2.53 bits per heavy atom. The van der Waals surface area contributed by atoms with E-state index in [0.717, 1.165) is 31.5 Å². The molecule has 0 aromatic heterocycles. The number of rotatable bonds is 4. The van der Waals surface area contributed by atoms with E-state index >= 15 is 0 Å². The average Bonchev–Trinajstić information content (AvgIpc) is 2.43. The molecular weight excluding hydrogens is 236 g/mol. The van der Waals surface area contributed by atoms with Gasteiger partial charge in [-0.25, -0.2) is 0 Å². The van der Waals surface area contributed by atoms with E-state index in [2.05, 4.69) is 24.1 Å². The highest BCUT2D eigenvalue weighted by Crippen LogP contribution is 2.29. The Morgan fingerprint density at radius 2 is 1.84 bits per heavy atom. The molecule has 3 heteroatoms. The Bertz CT molecular complexity index is 286. The van der Waals surface area contributed by atoms with Crippen LogP contribution in [0.15, 0.2) is 0 Å². The van der Waals surface area contributed by atoms with Crippen molar-refractivity contribution >= 4 is 5.91 Å². The van der Waals surface area contributed by atoms with E-state index in [1.807, 2.05) is 0 Å². The van der Waals surface area contributed by atoms with Crippen LogP contribution >= 0.6 is 0 Å². The Labute approximate surface area is 118 Å². The van der Waals surface area contributed by atoms with Gasteiger partial charge in [-0.1, -0.05) is 13.8 Å². The Balaban J connectivity index is 1.62. The summed E-state index contributed by atoms with van der Waals surface area (Å²) in [5.41, 5.74) is 0. The molecule has 0 aromatic carbocycles. The summed E-state index contributed by atoms with van der Waals surface area (Å²) in [6.45, 7) is 7.55. The lowest BCUT2D eigenvalue weighted by molar-refractivity contribution is -0.132. The van der Waals surface area contributed by atoms with Crippen LogP contribution in [0.4, 0.5) is 0 Å². The fourth-order valence-electron chi connectivity index (χ4n) is 3.42. The van der Waals surface area contributed by atoms with Gasteiger partial charge < -0.3 is 10.2 Å². The van der Waals surface area contributed by atoms with Crippen molar-refractivity contribution in [3.05, 3.63) is 0 Å². The Kier molecular flexibility index (Phi) is 5.68. The van der Waals surface area contributed by atoms with Crippen LogP contribution in [0.3, 0.4) is 0 Å². The van der Waals surface area contributed by atoms with Crippen LogP contribution in [-0.4, -0.2) is 36.5 Å². The maximum atomic E-state index is 12.0. The van der Waals surface area contributed by atoms with E-state index in [-0.39, 0.29) is 0 Å². The minimum atomic E-state index is 0.351. The van der Waals surface area contributed by atoms with Gasteiger partial charge in [0.1, 0.15) is 0 Å². The highest BCUT2D eigenvalue weighted by Gasteiger charge is 2.24. The zero-order valence-corrected chi connectivity index (χ0v) is 12.7. The monoisotopic (exact) mass is 266 g/mol. The lowest BCUT2D eigenvalue weighted by Gasteiger charge is -2.33. The van der Waals surface area contributed by atoms with E-state index < -0.39 is 0 Å². The molecule has 1 N–H and O–H groups in total. The van der Waals surface area contributed by atoms with Gasteiger partial charge in [0.2, 0.25) is 5.91 Å². The van der Waals surface area contributed by atoms with Crippen molar-refractivity contribution in [1.82, 2.24) is 10.2 Å². The highest BCUT2D eigenvalue weighted by atomic mass is 16.2. The first-order valence-corrected chi connectivity index (χ1v) is 8.18. The summed E-state index contributed by atoms with van der Waals surface area (Å²) < 4.78 is 0. The van der Waals surface area contributed by atoms with Crippen molar-refractivity contribution in [2.75, 3.05) is 19.6 Å². The van der Waals surface area contributed by atoms with Gasteiger partial charge in [0.25, 0.3) is 0 Å². The number of hydrogen-bond acceptors (Lipinski definition) is 2. The quantitative estimate of drug-likeness (QED) is 0.848. The molecule has 0 radical (unpaired) electrons. The smallest absolute Gasteiger partial charge is 0.223 e. The normalized spacial score (nSPS) is 32.3. The third-order valence-electron chi connectivity index (χ3n) is 5.08. The van der Waals surface area contributed by atoms with Crippen molar-refractivity contribution in [2.24, 2.45) is 11.8 Å². The number of nitrogens with zero attached hydrogens (tertiary/aromatic N) is 1. The van der Waals surface area contributed by atoms with Crippen molar-refractivity contribution in [2.45, 2.75) is 64.8 Å². The molecule has 110 valence electrons. The van der Waals surface area contributed by atoms with Crippen LogP contribution in [0.1, 0.15) is 58.8 Å². The molecule has 3 nitrogen and oxygen atoms in total. The third-order valence-corrected chi connectivity index (χ3v) is 5.08. The first kappa shape index (κ1) is 14.8. The van der Waals surface area contributed by atoms with Crippen molar-refractivity contribution in [1.29, 1.82) is 0 Å². The second kappa shape index (κ2) is 7.28. The van der Waals surface area contributed by atoms with Crippen molar-refractivity contribution < 1.29 is 4.79 Å². The second-order valence-electron chi connectivity index (χ2n) is 6.61. The Morgan fingerprint density at radius 1 is 1.11 bits per heavy atom. The first-order chi connectivity index (χ1) is 9.16. The SMILES string of the molecule is CC1CCC(NCCC(=O)N2CCCCC2)CC1C. The summed E-state index contributed by atoms with van der Waals surface area (Å²) in [7, 11) is 0. The minimum Gasteiger partial charge on any atom is -0.343 e. The molecule has 0 bridgehead atoms. The molecule has 0 spiro atoms. The maximum Gasteiger partial charge on any atom is 0.223 e. The van der Waals surface area contributed by atoms with E-state index in [4.69, 9.17) is 0 Å². The fraction of sp³-hybridized carbons (Fsp3) is 0.938. The molecule has 1 saturated carbocycles. The lowest BCUT2D eigenvalue weighted by atomic mass is 9.79. The van der Waals surface area contributed by atoms with Crippen molar-refractivity contribution in [3.63, 3.8) is 0 Å². The molecule has 1 aliphatic carbocycles. The van der Waals surface area contributed by atoms with E-state index in [0.29, 0.717) is 18.4 Å². The molecule has 1 heterocycles. The van der Waals surface area contributed by atoms with Crippen LogP contribution < -0.4 is 5.32 Å². The zero-order valence-electron chi connectivity index (χ0n) is 12.7. The molecule has 3 unspecified atom stereocenters. The molecule has 2 fully saturated rings. The topological polar surface area (TPSA) is 32.3 Å². The van der Waals surface area contributed by atoms with E-state index in [1.165, 1.54) is 38.5 Å². The predicted octanol–water partition coefficient (Wildman–Crippen LogP) is 2.80. The van der Waals surface area contributed by atoms with Gasteiger partial charge in [-0.05, 0) is 50.4 Å². The summed E-state index contributed by atoms with van der Waals surface area (Å²) in [5.74, 6) is 2.04. The van der Waals surface area contributed by atoms with Gasteiger partial charge in [0, 0.05) is 32.1 Å². The fourth-order valence-corrected chi connectivity index (χ4v) is 3.42. The molecule has 0 aromatic rings. The van der Waals surface area contributed by atoms with Crippen LogP contribution in [0.2, 0.25) is 0 Å². The molecule has 1 amide bonds. The van der Waals surface area contributed by atoms with Gasteiger partial charge in [0.15, 0.2) is 0 Å². The average molecular weight is 266 g/mol. The molecule has 2 rings (SSSR count). The van der Waals surface area contributed by atoms with E-state index in [1.54, 1.807) is 0 Å². The third kappa shape index (κ3) is 4.48. The maximum absolute atomic E-state index is 12.0. The van der Waals surface area contributed by atoms with Gasteiger partial charge >= 0.3 is 0 Å². The number of piperidine rings is 1. The Hall–Kier alpha value is -0.570. The summed E-state index contributed by atoms with van der Waals surface area (Å²) in [6.07, 6.45) is 8.25. The molecule has 1 aliphatic heterocycles. The highest BCUT2D eigenvalue weighted by molar-refractivity contribution is 5.76.